The number of nitrogens with zero attached hydrogens (tertiary/aromatic N) is 2. The molecule has 1 aromatic rings. The SMILES string of the molecule is CNc1ncccc1C(=O)N(C)CC(C)(C)O. The lowest BCUT2D eigenvalue weighted by Crippen LogP contribution is -2.39. The van der Waals surface area contributed by atoms with Crippen molar-refractivity contribution in [2.24, 2.45) is 0 Å². The molecule has 0 fully saturated rings. The van der Waals surface area contributed by atoms with Crippen molar-refractivity contribution in [3.05, 3.63) is 23.9 Å². The normalized spacial score (nSPS) is 11.1. The van der Waals surface area contributed by atoms with Crippen molar-refractivity contribution in [2.45, 2.75) is 19.4 Å². The molecule has 2 N–H and O–H groups in total. The molecule has 5 nitrogen and oxygen atoms in total. The number of likely N-dealkylation sites (N-methyl/N-ethyl adjacent to an activating group) is 1. The molecule has 0 aromatic carbocycles. The Morgan fingerprint density at radius 3 is 2.76 bits per heavy atom. The van der Waals surface area contributed by atoms with Gasteiger partial charge in [-0.05, 0) is 26.0 Å². The van der Waals surface area contributed by atoms with Crippen LogP contribution in [-0.4, -0.2) is 47.1 Å². The second kappa shape index (κ2) is 5.14. The van der Waals surface area contributed by atoms with E-state index in [1.165, 1.54) is 4.90 Å². The van der Waals surface area contributed by atoms with Gasteiger partial charge in [0.05, 0.1) is 11.2 Å². The van der Waals surface area contributed by atoms with Gasteiger partial charge in [-0.3, -0.25) is 4.79 Å². The zero-order valence-corrected chi connectivity index (χ0v) is 10.7. The Balaban J connectivity index is 2.89. The Labute approximate surface area is 101 Å². The molecule has 0 radical (unpaired) electrons. The highest BCUT2D eigenvalue weighted by molar-refractivity contribution is 5.98. The summed E-state index contributed by atoms with van der Waals surface area (Å²) in [7, 11) is 3.38. The van der Waals surface area contributed by atoms with E-state index < -0.39 is 5.60 Å². The van der Waals surface area contributed by atoms with Gasteiger partial charge in [0, 0.05) is 26.8 Å². The minimum absolute atomic E-state index is 0.162. The standard InChI is InChI=1S/C12H19N3O2/c1-12(2,17)8-15(4)11(16)9-6-5-7-14-10(9)13-3/h5-7,17H,8H2,1-4H3,(H,13,14). The summed E-state index contributed by atoms with van der Waals surface area (Å²) in [6.07, 6.45) is 1.62. The lowest BCUT2D eigenvalue weighted by Gasteiger charge is -2.26. The lowest BCUT2D eigenvalue weighted by atomic mass is 10.1. The van der Waals surface area contributed by atoms with Gasteiger partial charge in [-0.2, -0.15) is 0 Å². The molecule has 0 aliphatic rings. The van der Waals surface area contributed by atoms with Crippen LogP contribution in [-0.2, 0) is 0 Å². The first-order chi connectivity index (χ1) is 7.85. The topological polar surface area (TPSA) is 65.5 Å². The molecule has 0 bridgehead atoms. The summed E-state index contributed by atoms with van der Waals surface area (Å²) in [5.74, 6) is 0.379. The van der Waals surface area contributed by atoms with Crippen LogP contribution in [0.25, 0.3) is 0 Å². The van der Waals surface area contributed by atoms with Crippen LogP contribution in [0.15, 0.2) is 18.3 Å². The molecule has 1 aromatic heterocycles. The van der Waals surface area contributed by atoms with Crippen LogP contribution in [0.2, 0.25) is 0 Å². The van der Waals surface area contributed by atoms with Gasteiger partial charge in [0.15, 0.2) is 0 Å². The molecule has 0 unspecified atom stereocenters. The van der Waals surface area contributed by atoms with Crippen molar-refractivity contribution in [1.82, 2.24) is 9.88 Å². The van der Waals surface area contributed by atoms with Crippen LogP contribution in [0.1, 0.15) is 24.2 Å². The Hall–Kier alpha value is -1.62. The largest absolute Gasteiger partial charge is 0.389 e. The van der Waals surface area contributed by atoms with E-state index in [0.29, 0.717) is 11.4 Å². The lowest BCUT2D eigenvalue weighted by molar-refractivity contribution is 0.0368. The maximum atomic E-state index is 12.1. The van der Waals surface area contributed by atoms with Crippen LogP contribution in [0.4, 0.5) is 5.82 Å². The van der Waals surface area contributed by atoms with Gasteiger partial charge in [0.2, 0.25) is 0 Å². The predicted octanol–water partition coefficient (Wildman–Crippen LogP) is 0.966. The predicted molar refractivity (Wildman–Crippen MR) is 67.0 cm³/mol. The van der Waals surface area contributed by atoms with Crippen molar-refractivity contribution in [2.75, 3.05) is 26.0 Å². The molecule has 94 valence electrons. The second-order valence-corrected chi connectivity index (χ2v) is 4.62. The van der Waals surface area contributed by atoms with E-state index in [0.717, 1.165) is 0 Å². The number of rotatable bonds is 4. The van der Waals surface area contributed by atoms with Crippen LogP contribution < -0.4 is 5.32 Å². The minimum Gasteiger partial charge on any atom is -0.389 e. The highest BCUT2D eigenvalue weighted by atomic mass is 16.3. The third kappa shape index (κ3) is 3.71. The number of nitrogens with one attached hydrogen (secondary N) is 1. The quantitative estimate of drug-likeness (QED) is 0.819. The van der Waals surface area contributed by atoms with E-state index in [9.17, 15) is 9.90 Å². The molecule has 0 atom stereocenters. The maximum Gasteiger partial charge on any atom is 0.257 e. The van der Waals surface area contributed by atoms with Crippen LogP contribution in [0, 0.1) is 0 Å². The van der Waals surface area contributed by atoms with Gasteiger partial charge in [-0.1, -0.05) is 0 Å². The number of hydrogen-bond donors (Lipinski definition) is 2. The third-order valence-corrected chi connectivity index (χ3v) is 2.25. The molecule has 17 heavy (non-hydrogen) atoms. The summed E-state index contributed by atoms with van der Waals surface area (Å²) in [4.78, 5) is 17.7. The highest BCUT2D eigenvalue weighted by Gasteiger charge is 2.22. The van der Waals surface area contributed by atoms with Crippen molar-refractivity contribution >= 4 is 11.7 Å². The van der Waals surface area contributed by atoms with Gasteiger partial charge in [-0.25, -0.2) is 4.98 Å². The van der Waals surface area contributed by atoms with E-state index in [1.54, 1.807) is 46.3 Å². The number of amides is 1. The van der Waals surface area contributed by atoms with Crippen LogP contribution in [0.3, 0.4) is 0 Å². The third-order valence-electron chi connectivity index (χ3n) is 2.25. The molecule has 1 heterocycles. The van der Waals surface area contributed by atoms with Crippen molar-refractivity contribution in [1.29, 1.82) is 0 Å². The van der Waals surface area contributed by atoms with E-state index in [4.69, 9.17) is 0 Å². The molecule has 0 saturated carbocycles. The Morgan fingerprint density at radius 1 is 1.59 bits per heavy atom. The average molecular weight is 237 g/mol. The summed E-state index contributed by atoms with van der Waals surface area (Å²) < 4.78 is 0. The van der Waals surface area contributed by atoms with E-state index in [-0.39, 0.29) is 12.5 Å². The van der Waals surface area contributed by atoms with Gasteiger partial charge >= 0.3 is 0 Å². The highest BCUT2D eigenvalue weighted by Crippen LogP contribution is 2.14. The van der Waals surface area contributed by atoms with Crippen molar-refractivity contribution < 1.29 is 9.90 Å². The molecule has 0 saturated heterocycles. The van der Waals surface area contributed by atoms with Crippen molar-refractivity contribution in [3.63, 3.8) is 0 Å². The first-order valence-corrected chi connectivity index (χ1v) is 5.46. The molecule has 0 aliphatic heterocycles. The summed E-state index contributed by atoms with van der Waals surface area (Å²) in [6, 6.07) is 3.42. The number of pyridine rings is 1. The number of carbonyl (C=O) groups is 1. The van der Waals surface area contributed by atoms with Gasteiger partial charge < -0.3 is 15.3 Å². The molecular weight excluding hydrogens is 218 g/mol. The Kier molecular flexibility index (Phi) is 4.07. The minimum atomic E-state index is -0.910. The zero-order valence-electron chi connectivity index (χ0n) is 10.7. The number of hydrogen-bond acceptors (Lipinski definition) is 4. The van der Waals surface area contributed by atoms with E-state index in [2.05, 4.69) is 10.3 Å². The summed E-state index contributed by atoms with van der Waals surface area (Å²) in [6.45, 7) is 3.60. The number of anilines is 1. The molecule has 0 spiro atoms. The maximum absolute atomic E-state index is 12.1. The fourth-order valence-electron chi connectivity index (χ4n) is 1.63. The molecule has 1 amide bonds. The average Bonchev–Trinajstić information content (AvgIpc) is 2.25. The number of carbonyl (C=O) groups excluding carboxylic acids is 1. The fourth-order valence-corrected chi connectivity index (χ4v) is 1.63. The van der Waals surface area contributed by atoms with Gasteiger partial charge in [0.25, 0.3) is 5.91 Å². The summed E-state index contributed by atoms with van der Waals surface area (Å²) >= 11 is 0. The Bertz CT molecular complexity index is 399. The number of aromatic nitrogens is 1. The molecule has 0 aliphatic carbocycles. The first kappa shape index (κ1) is 13.4. The second-order valence-electron chi connectivity index (χ2n) is 4.62. The van der Waals surface area contributed by atoms with Crippen LogP contribution >= 0.6 is 0 Å². The van der Waals surface area contributed by atoms with Crippen LogP contribution in [0.5, 0.6) is 0 Å². The molecular formula is C12H19N3O2. The molecule has 1 rings (SSSR count). The summed E-state index contributed by atoms with van der Waals surface area (Å²) in [5.41, 5.74) is -0.409. The van der Waals surface area contributed by atoms with E-state index >= 15 is 0 Å². The fraction of sp³-hybridized carbons (Fsp3) is 0.500. The first-order valence-electron chi connectivity index (χ1n) is 5.46. The monoisotopic (exact) mass is 237 g/mol. The van der Waals surface area contributed by atoms with Gasteiger partial charge in [-0.15, -0.1) is 0 Å². The van der Waals surface area contributed by atoms with Gasteiger partial charge in [0.1, 0.15) is 5.82 Å². The number of aliphatic hydroxyl groups is 1. The zero-order chi connectivity index (χ0) is 13.1. The van der Waals surface area contributed by atoms with Crippen molar-refractivity contribution in [3.8, 4) is 0 Å². The smallest absolute Gasteiger partial charge is 0.257 e. The Morgan fingerprint density at radius 2 is 2.24 bits per heavy atom. The molecule has 5 heteroatoms. The van der Waals surface area contributed by atoms with E-state index in [1.807, 2.05) is 0 Å². The summed E-state index contributed by atoms with van der Waals surface area (Å²) in [5, 5.41) is 12.6.